The normalized spacial score (nSPS) is 11.7. The van der Waals surface area contributed by atoms with Crippen molar-refractivity contribution < 1.29 is 14.3 Å². The number of aryl methyl sites for hydroxylation is 1. The number of rotatable bonds is 5. The van der Waals surface area contributed by atoms with Crippen LogP contribution in [0.25, 0.3) is 28.0 Å². The molecule has 1 aromatic carbocycles. The van der Waals surface area contributed by atoms with Gasteiger partial charge in [0, 0.05) is 16.5 Å². The molecule has 3 heterocycles. The number of carbonyl (C=O) groups excluding carboxylic acids is 1. The van der Waals surface area contributed by atoms with Gasteiger partial charge in [0.15, 0.2) is 5.82 Å². The van der Waals surface area contributed by atoms with E-state index < -0.39 is 5.60 Å². The van der Waals surface area contributed by atoms with Crippen molar-refractivity contribution >= 4 is 28.6 Å². The third kappa shape index (κ3) is 4.29. The Bertz CT molecular complexity index is 1300. The summed E-state index contributed by atoms with van der Waals surface area (Å²) in [7, 11) is 1.58. The molecule has 0 amide bonds. The van der Waals surface area contributed by atoms with Crippen molar-refractivity contribution in [3.8, 4) is 28.3 Å². The van der Waals surface area contributed by atoms with E-state index in [1.165, 1.54) is 6.33 Å². The number of carbonyl (C=O) groups is 1. The van der Waals surface area contributed by atoms with Gasteiger partial charge < -0.3 is 15.2 Å². The molecule has 0 radical (unpaired) electrons. The fourth-order valence-corrected chi connectivity index (χ4v) is 4.15. The summed E-state index contributed by atoms with van der Waals surface area (Å²) in [6.07, 6.45) is 1.55. The second-order valence-corrected chi connectivity index (χ2v) is 9.45. The Hall–Kier alpha value is -3.46. The summed E-state index contributed by atoms with van der Waals surface area (Å²) in [6, 6.07) is 7.68. The van der Waals surface area contributed by atoms with E-state index >= 15 is 0 Å². The number of methoxy groups -OCH3 is 1. The van der Waals surface area contributed by atoms with Crippen LogP contribution in [-0.4, -0.2) is 38.3 Å². The van der Waals surface area contributed by atoms with Crippen molar-refractivity contribution in [3.63, 3.8) is 0 Å². The molecule has 2 N–H and O–H groups in total. The summed E-state index contributed by atoms with van der Waals surface area (Å²) >= 11 is 1.57. The predicted octanol–water partition coefficient (Wildman–Crippen LogP) is 4.30. The summed E-state index contributed by atoms with van der Waals surface area (Å²) in [6.45, 7) is 7.49. The van der Waals surface area contributed by atoms with E-state index in [0.29, 0.717) is 17.1 Å². The fourth-order valence-electron chi connectivity index (χ4n) is 3.54. The molecule has 4 aromatic rings. The number of ether oxygens (including phenoxy) is 2. The number of nitrogens with zero attached hydrogens (tertiary/aromatic N) is 4. The molecule has 0 saturated carbocycles. The highest BCUT2D eigenvalue weighted by Crippen LogP contribution is 2.37. The van der Waals surface area contributed by atoms with Gasteiger partial charge in [-0.25, -0.2) is 14.5 Å². The Morgan fingerprint density at radius 2 is 2.03 bits per heavy atom. The van der Waals surface area contributed by atoms with Crippen LogP contribution >= 0.6 is 11.3 Å². The van der Waals surface area contributed by atoms with Gasteiger partial charge in [0.2, 0.25) is 0 Å². The third-order valence-electron chi connectivity index (χ3n) is 4.82. The van der Waals surface area contributed by atoms with Crippen LogP contribution in [0.3, 0.4) is 0 Å². The first kappa shape index (κ1) is 21.8. The number of aromatic nitrogens is 4. The highest BCUT2D eigenvalue weighted by molar-refractivity contribution is 7.09. The number of hydrogen-bond acceptors (Lipinski definition) is 8. The van der Waals surface area contributed by atoms with Gasteiger partial charge in [0.05, 0.1) is 29.9 Å². The van der Waals surface area contributed by atoms with Gasteiger partial charge >= 0.3 is 5.97 Å². The minimum Gasteiger partial charge on any atom is -0.496 e. The Morgan fingerprint density at radius 1 is 1.25 bits per heavy atom. The lowest BCUT2D eigenvalue weighted by Gasteiger charge is -2.20. The number of anilines is 1. The van der Waals surface area contributed by atoms with Crippen molar-refractivity contribution in [1.29, 1.82) is 0 Å². The molecule has 8 nitrogen and oxygen atoms in total. The molecule has 0 bridgehead atoms. The molecule has 0 unspecified atom stereocenters. The van der Waals surface area contributed by atoms with Crippen LogP contribution in [0.5, 0.6) is 5.75 Å². The van der Waals surface area contributed by atoms with Gasteiger partial charge in [-0.05, 0) is 45.4 Å². The van der Waals surface area contributed by atoms with Crippen LogP contribution in [0, 0.1) is 6.92 Å². The lowest BCUT2D eigenvalue weighted by atomic mass is 10.0. The summed E-state index contributed by atoms with van der Waals surface area (Å²) < 4.78 is 12.8. The number of nitrogens with two attached hydrogens (primary N) is 1. The van der Waals surface area contributed by atoms with Gasteiger partial charge in [-0.1, -0.05) is 12.1 Å². The fraction of sp³-hybridized carbons (Fsp3) is 0.304. The van der Waals surface area contributed by atoms with Crippen LogP contribution in [-0.2, 0) is 16.0 Å². The largest absolute Gasteiger partial charge is 0.496 e. The number of nitrogen functional groups attached to an aromatic ring is 1. The Kier molecular flexibility index (Phi) is 5.60. The van der Waals surface area contributed by atoms with E-state index in [0.717, 1.165) is 33.1 Å². The maximum atomic E-state index is 12.3. The third-order valence-corrected chi connectivity index (χ3v) is 5.59. The second kappa shape index (κ2) is 8.23. The smallest absolute Gasteiger partial charge is 0.310 e. The summed E-state index contributed by atoms with van der Waals surface area (Å²) in [5.74, 6) is 0.649. The van der Waals surface area contributed by atoms with Gasteiger partial charge in [-0.2, -0.15) is 5.10 Å². The van der Waals surface area contributed by atoms with Crippen molar-refractivity contribution in [2.75, 3.05) is 12.8 Å². The van der Waals surface area contributed by atoms with E-state index in [2.05, 4.69) is 15.1 Å². The van der Waals surface area contributed by atoms with E-state index in [1.54, 1.807) is 23.0 Å². The van der Waals surface area contributed by atoms with E-state index in [1.807, 2.05) is 57.3 Å². The SMILES string of the molecule is COc1cc(-c2cc(-c3csc(C)n3)n3ncnc(N)c23)ccc1CC(=O)OC(C)(C)C. The summed E-state index contributed by atoms with van der Waals surface area (Å²) in [5.41, 5.74) is 10.5. The molecule has 0 saturated heterocycles. The molecular weight excluding hydrogens is 426 g/mol. The van der Waals surface area contributed by atoms with Crippen molar-refractivity contribution in [3.05, 3.63) is 46.5 Å². The Labute approximate surface area is 190 Å². The van der Waals surface area contributed by atoms with Crippen LogP contribution in [0.2, 0.25) is 0 Å². The number of esters is 1. The highest BCUT2D eigenvalue weighted by atomic mass is 32.1. The quantitative estimate of drug-likeness (QED) is 0.451. The van der Waals surface area contributed by atoms with Crippen LogP contribution < -0.4 is 10.5 Å². The van der Waals surface area contributed by atoms with Crippen molar-refractivity contribution in [2.45, 2.75) is 39.7 Å². The maximum Gasteiger partial charge on any atom is 0.310 e. The standard InChI is InChI=1S/C23H25N5O3S/c1-13-27-17(11-32-13)18-10-16(21-22(24)25-12-26-28(18)21)14-6-7-15(19(8-14)30-5)9-20(29)31-23(2,3)4/h6-8,10-12H,9H2,1-5H3,(H2,24,25,26). The van der Waals surface area contributed by atoms with E-state index in [9.17, 15) is 4.79 Å². The van der Waals surface area contributed by atoms with Gasteiger partial charge in [-0.15, -0.1) is 11.3 Å². The van der Waals surface area contributed by atoms with E-state index in [-0.39, 0.29) is 12.4 Å². The minimum absolute atomic E-state index is 0.117. The molecule has 9 heteroatoms. The molecule has 0 aliphatic carbocycles. The lowest BCUT2D eigenvalue weighted by molar-refractivity contribution is -0.153. The van der Waals surface area contributed by atoms with Gasteiger partial charge in [0.25, 0.3) is 0 Å². The van der Waals surface area contributed by atoms with Crippen molar-refractivity contribution in [2.24, 2.45) is 0 Å². The average Bonchev–Trinajstić information content (AvgIpc) is 3.31. The van der Waals surface area contributed by atoms with Crippen LogP contribution in [0.15, 0.2) is 36.0 Å². The zero-order chi connectivity index (χ0) is 23.0. The van der Waals surface area contributed by atoms with Crippen LogP contribution in [0.4, 0.5) is 5.82 Å². The first-order valence-electron chi connectivity index (χ1n) is 10.1. The van der Waals surface area contributed by atoms with E-state index in [4.69, 9.17) is 15.2 Å². The summed E-state index contributed by atoms with van der Waals surface area (Å²) in [4.78, 5) is 21.1. The molecule has 3 aromatic heterocycles. The monoisotopic (exact) mass is 451 g/mol. The molecule has 32 heavy (non-hydrogen) atoms. The molecule has 0 aliphatic rings. The van der Waals surface area contributed by atoms with Gasteiger partial charge in [-0.3, -0.25) is 4.79 Å². The second-order valence-electron chi connectivity index (χ2n) is 8.39. The first-order chi connectivity index (χ1) is 15.2. The molecule has 0 spiro atoms. The number of hydrogen-bond donors (Lipinski definition) is 1. The molecule has 0 fully saturated rings. The van der Waals surface area contributed by atoms with Gasteiger partial charge in [0.1, 0.15) is 23.2 Å². The first-order valence-corrected chi connectivity index (χ1v) is 11.0. The maximum absolute atomic E-state index is 12.3. The highest BCUT2D eigenvalue weighted by Gasteiger charge is 2.21. The average molecular weight is 452 g/mol. The van der Waals surface area contributed by atoms with Crippen molar-refractivity contribution in [1.82, 2.24) is 19.6 Å². The number of benzene rings is 1. The molecule has 4 rings (SSSR count). The Morgan fingerprint density at radius 3 is 2.69 bits per heavy atom. The lowest BCUT2D eigenvalue weighted by Crippen LogP contribution is -2.25. The molecular formula is C23H25N5O3S. The predicted molar refractivity (Wildman–Crippen MR) is 125 cm³/mol. The molecule has 0 atom stereocenters. The Balaban J connectivity index is 1.78. The summed E-state index contributed by atoms with van der Waals surface area (Å²) in [5, 5.41) is 7.36. The minimum atomic E-state index is -0.544. The molecule has 0 aliphatic heterocycles. The zero-order valence-corrected chi connectivity index (χ0v) is 19.5. The number of thiazole rings is 1. The van der Waals surface area contributed by atoms with Crippen LogP contribution in [0.1, 0.15) is 31.3 Å². The topological polar surface area (TPSA) is 105 Å². The molecule has 166 valence electrons. The number of fused-ring (bicyclic) bond motifs is 1. The zero-order valence-electron chi connectivity index (χ0n) is 18.7.